The molecule has 0 fully saturated rings. The van der Waals surface area contributed by atoms with Crippen molar-refractivity contribution in [2.45, 2.75) is 26.7 Å². The van der Waals surface area contributed by atoms with Crippen molar-refractivity contribution in [3.63, 3.8) is 0 Å². The van der Waals surface area contributed by atoms with Crippen LogP contribution in [0.3, 0.4) is 0 Å². The van der Waals surface area contributed by atoms with Gasteiger partial charge in [-0.15, -0.1) is 0 Å². The second-order valence-corrected chi connectivity index (χ2v) is 4.50. The van der Waals surface area contributed by atoms with Crippen molar-refractivity contribution >= 4 is 17.5 Å². The number of carbonyl (C=O) groups is 1. The van der Waals surface area contributed by atoms with Crippen molar-refractivity contribution in [1.82, 2.24) is 5.32 Å². The highest BCUT2D eigenvalue weighted by molar-refractivity contribution is 6.32. The first kappa shape index (κ1) is 15.6. The number of ether oxygens (including phenoxy) is 2. The maximum Gasteiger partial charge on any atom is 0.251 e. The van der Waals surface area contributed by atoms with E-state index in [1.807, 2.05) is 13.8 Å². The summed E-state index contributed by atoms with van der Waals surface area (Å²) in [5.74, 6) is 0.796. The van der Waals surface area contributed by atoms with Crippen LogP contribution in [0.5, 0.6) is 11.5 Å². The lowest BCUT2D eigenvalue weighted by Crippen LogP contribution is -2.24. The first-order valence-corrected chi connectivity index (χ1v) is 6.80. The molecule has 0 saturated heterocycles. The molecule has 0 atom stereocenters. The molecule has 1 amide bonds. The minimum atomic E-state index is -0.163. The second kappa shape index (κ2) is 7.89. The van der Waals surface area contributed by atoms with Crippen molar-refractivity contribution < 1.29 is 14.3 Å². The summed E-state index contributed by atoms with van der Waals surface area (Å²) < 4.78 is 10.8. The quantitative estimate of drug-likeness (QED) is 0.836. The highest BCUT2D eigenvalue weighted by atomic mass is 35.5. The summed E-state index contributed by atoms with van der Waals surface area (Å²) in [6.07, 6.45) is 1.76. The summed E-state index contributed by atoms with van der Waals surface area (Å²) >= 11 is 6.14. The molecule has 0 spiro atoms. The largest absolute Gasteiger partial charge is 0.493 e. The fourth-order valence-electron chi connectivity index (χ4n) is 1.54. The molecule has 106 valence electrons. The van der Waals surface area contributed by atoms with Gasteiger partial charge in [0, 0.05) is 12.1 Å². The van der Waals surface area contributed by atoms with Gasteiger partial charge in [0.05, 0.1) is 18.7 Å². The molecule has 4 nitrogen and oxygen atoms in total. The molecule has 0 bridgehead atoms. The Kier molecular flexibility index (Phi) is 6.50. The van der Waals surface area contributed by atoms with E-state index in [0.717, 1.165) is 12.8 Å². The van der Waals surface area contributed by atoms with Crippen LogP contribution in [0.2, 0.25) is 5.02 Å². The molecule has 1 aromatic rings. The van der Waals surface area contributed by atoms with Gasteiger partial charge in [0.15, 0.2) is 11.5 Å². The summed E-state index contributed by atoms with van der Waals surface area (Å²) in [6, 6.07) is 3.24. The number of nitrogens with one attached hydrogen (secondary N) is 1. The third kappa shape index (κ3) is 4.31. The molecular formula is C14H20ClNO3. The second-order valence-electron chi connectivity index (χ2n) is 4.09. The van der Waals surface area contributed by atoms with Gasteiger partial charge in [0.25, 0.3) is 5.91 Å². The van der Waals surface area contributed by atoms with Crippen molar-refractivity contribution in [3.8, 4) is 11.5 Å². The van der Waals surface area contributed by atoms with E-state index in [9.17, 15) is 4.79 Å². The third-order valence-corrected chi connectivity index (χ3v) is 2.76. The number of hydrogen-bond acceptors (Lipinski definition) is 3. The Bertz CT molecular complexity index is 435. The van der Waals surface area contributed by atoms with Crippen LogP contribution in [0.1, 0.15) is 37.0 Å². The molecule has 0 saturated carbocycles. The lowest BCUT2D eigenvalue weighted by atomic mass is 10.2. The predicted octanol–water partition coefficient (Wildman–Crippen LogP) is 3.28. The molecule has 0 aliphatic rings. The highest BCUT2D eigenvalue weighted by Gasteiger charge is 2.15. The molecule has 1 rings (SSSR count). The lowest BCUT2D eigenvalue weighted by Gasteiger charge is -2.13. The maximum absolute atomic E-state index is 11.9. The van der Waals surface area contributed by atoms with E-state index in [0.29, 0.717) is 35.2 Å². The van der Waals surface area contributed by atoms with Gasteiger partial charge in [-0.2, -0.15) is 0 Å². The Labute approximate surface area is 119 Å². The summed E-state index contributed by atoms with van der Waals surface area (Å²) in [7, 11) is 1.53. The SMILES string of the molecule is CCCNC(=O)c1cc(Cl)c(OCCC)c(OC)c1. The molecule has 0 aromatic heterocycles. The van der Waals surface area contributed by atoms with Gasteiger partial charge < -0.3 is 14.8 Å². The normalized spacial score (nSPS) is 10.1. The maximum atomic E-state index is 11.9. The standard InChI is InChI=1S/C14H20ClNO3/c1-4-6-16-14(17)10-8-11(15)13(19-7-5-2)12(9-10)18-3/h8-9H,4-7H2,1-3H3,(H,16,17). The molecule has 1 N–H and O–H groups in total. The number of amides is 1. The van der Waals surface area contributed by atoms with E-state index in [4.69, 9.17) is 21.1 Å². The molecule has 0 unspecified atom stereocenters. The van der Waals surface area contributed by atoms with Gasteiger partial charge in [-0.1, -0.05) is 25.4 Å². The minimum Gasteiger partial charge on any atom is -0.493 e. The zero-order valence-electron chi connectivity index (χ0n) is 11.6. The van der Waals surface area contributed by atoms with Gasteiger partial charge in [-0.25, -0.2) is 0 Å². The van der Waals surface area contributed by atoms with Gasteiger partial charge in [0.2, 0.25) is 0 Å². The Morgan fingerprint density at radius 1 is 1.32 bits per heavy atom. The fourth-order valence-corrected chi connectivity index (χ4v) is 1.80. The Morgan fingerprint density at radius 3 is 2.63 bits per heavy atom. The lowest BCUT2D eigenvalue weighted by molar-refractivity contribution is 0.0953. The number of hydrogen-bond donors (Lipinski definition) is 1. The van der Waals surface area contributed by atoms with Crippen LogP contribution in [0.15, 0.2) is 12.1 Å². The van der Waals surface area contributed by atoms with Crippen LogP contribution < -0.4 is 14.8 Å². The van der Waals surface area contributed by atoms with Crippen LogP contribution in [0.25, 0.3) is 0 Å². The smallest absolute Gasteiger partial charge is 0.251 e. The number of benzene rings is 1. The van der Waals surface area contributed by atoms with E-state index in [2.05, 4.69) is 5.32 Å². The molecule has 5 heteroatoms. The summed E-state index contributed by atoms with van der Waals surface area (Å²) in [5.41, 5.74) is 0.471. The molecule has 0 radical (unpaired) electrons. The minimum absolute atomic E-state index is 0.163. The molecular weight excluding hydrogens is 266 g/mol. The van der Waals surface area contributed by atoms with Gasteiger partial charge >= 0.3 is 0 Å². The first-order valence-electron chi connectivity index (χ1n) is 6.42. The van der Waals surface area contributed by atoms with Crippen LogP contribution >= 0.6 is 11.6 Å². The van der Waals surface area contributed by atoms with E-state index in [-0.39, 0.29) is 5.91 Å². The number of carbonyl (C=O) groups excluding carboxylic acids is 1. The Morgan fingerprint density at radius 2 is 2.05 bits per heavy atom. The van der Waals surface area contributed by atoms with Gasteiger partial charge in [-0.3, -0.25) is 4.79 Å². The van der Waals surface area contributed by atoms with E-state index in [1.54, 1.807) is 12.1 Å². The van der Waals surface area contributed by atoms with E-state index >= 15 is 0 Å². The average molecular weight is 286 g/mol. The topological polar surface area (TPSA) is 47.6 Å². The van der Waals surface area contributed by atoms with Gasteiger partial charge in [-0.05, 0) is 25.0 Å². The highest BCUT2D eigenvalue weighted by Crippen LogP contribution is 2.36. The van der Waals surface area contributed by atoms with Crippen molar-refractivity contribution in [3.05, 3.63) is 22.7 Å². The molecule has 0 heterocycles. The van der Waals surface area contributed by atoms with Crippen LogP contribution in [-0.4, -0.2) is 26.2 Å². The third-order valence-electron chi connectivity index (χ3n) is 2.48. The van der Waals surface area contributed by atoms with E-state index in [1.165, 1.54) is 7.11 Å². The fraction of sp³-hybridized carbons (Fsp3) is 0.500. The van der Waals surface area contributed by atoms with Crippen LogP contribution in [0.4, 0.5) is 0 Å². The molecule has 19 heavy (non-hydrogen) atoms. The summed E-state index contributed by atoms with van der Waals surface area (Å²) in [4.78, 5) is 11.9. The van der Waals surface area contributed by atoms with Crippen molar-refractivity contribution in [2.75, 3.05) is 20.3 Å². The number of halogens is 1. The van der Waals surface area contributed by atoms with Crippen LogP contribution in [0, 0.1) is 0 Å². The molecule has 0 aliphatic carbocycles. The summed E-state index contributed by atoms with van der Waals surface area (Å²) in [6.45, 7) is 5.19. The summed E-state index contributed by atoms with van der Waals surface area (Å²) in [5, 5.41) is 3.18. The van der Waals surface area contributed by atoms with Crippen molar-refractivity contribution in [1.29, 1.82) is 0 Å². The zero-order valence-corrected chi connectivity index (χ0v) is 12.3. The van der Waals surface area contributed by atoms with Gasteiger partial charge in [0.1, 0.15) is 0 Å². The Hall–Kier alpha value is -1.42. The van der Waals surface area contributed by atoms with Crippen molar-refractivity contribution in [2.24, 2.45) is 0 Å². The Balaban J connectivity index is 2.98. The predicted molar refractivity (Wildman–Crippen MR) is 76.4 cm³/mol. The average Bonchev–Trinajstić information content (AvgIpc) is 2.42. The monoisotopic (exact) mass is 285 g/mol. The molecule has 0 aliphatic heterocycles. The zero-order chi connectivity index (χ0) is 14.3. The number of methoxy groups -OCH3 is 1. The van der Waals surface area contributed by atoms with Crippen LogP contribution in [-0.2, 0) is 0 Å². The van der Waals surface area contributed by atoms with E-state index < -0.39 is 0 Å². The number of rotatable bonds is 7. The first-order chi connectivity index (χ1) is 9.13. The molecule has 1 aromatic carbocycles.